The standard InChI is InChI=1S/C15H24N2O5/c16-5-6-17-15(19)13-1-3-14(4-2-13)22-12-11-21-10-9-20-8-7-18/h1-4,18H,5-12,16H2,(H,17,19). The lowest BCUT2D eigenvalue weighted by Crippen LogP contribution is -2.28. The molecule has 0 aromatic heterocycles. The summed E-state index contributed by atoms with van der Waals surface area (Å²) >= 11 is 0. The number of carbonyl (C=O) groups excluding carboxylic acids is 1. The van der Waals surface area contributed by atoms with Gasteiger partial charge in [0.2, 0.25) is 0 Å². The highest BCUT2D eigenvalue weighted by Gasteiger charge is 2.04. The maximum absolute atomic E-state index is 11.7. The van der Waals surface area contributed by atoms with Gasteiger partial charge in [-0.05, 0) is 24.3 Å². The summed E-state index contributed by atoms with van der Waals surface area (Å²) in [6.45, 7) is 2.99. The lowest BCUT2D eigenvalue weighted by molar-refractivity contribution is 0.0247. The van der Waals surface area contributed by atoms with Gasteiger partial charge in [-0.3, -0.25) is 4.79 Å². The molecule has 0 aliphatic carbocycles. The summed E-state index contributed by atoms with van der Waals surface area (Å²) in [5.41, 5.74) is 5.89. The lowest BCUT2D eigenvalue weighted by Gasteiger charge is -2.08. The molecular weight excluding hydrogens is 288 g/mol. The van der Waals surface area contributed by atoms with Gasteiger partial charge in [0.15, 0.2) is 0 Å². The molecule has 0 aliphatic heterocycles. The summed E-state index contributed by atoms with van der Waals surface area (Å²) in [6, 6.07) is 6.87. The molecule has 0 fully saturated rings. The third kappa shape index (κ3) is 7.94. The number of amides is 1. The third-order valence-corrected chi connectivity index (χ3v) is 2.65. The van der Waals surface area contributed by atoms with E-state index in [1.807, 2.05) is 0 Å². The van der Waals surface area contributed by atoms with Crippen LogP contribution in [-0.4, -0.2) is 63.7 Å². The molecule has 0 saturated heterocycles. The number of hydrogen-bond acceptors (Lipinski definition) is 6. The van der Waals surface area contributed by atoms with Crippen molar-refractivity contribution in [2.24, 2.45) is 5.73 Å². The molecule has 0 bridgehead atoms. The average Bonchev–Trinajstić information content (AvgIpc) is 2.55. The highest BCUT2D eigenvalue weighted by Crippen LogP contribution is 2.11. The summed E-state index contributed by atoms with van der Waals surface area (Å²) in [5.74, 6) is 0.527. The fraction of sp³-hybridized carbons (Fsp3) is 0.533. The minimum Gasteiger partial charge on any atom is -0.491 e. The van der Waals surface area contributed by atoms with Gasteiger partial charge in [-0.25, -0.2) is 0 Å². The molecule has 1 aromatic carbocycles. The second-order valence-electron chi connectivity index (χ2n) is 4.37. The van der Waals surface area contributed by atoms with Crippen LogP contribution in [0, 0.1) is 0 Å². The molecule has 0 saturated carbocycles. The van der Waals surface area contributed by atoms with Crippen LogP contribution in [0.5, 0.6) is 5.75 Å². The maximum Gasteiger partial charge on any atom is 0.251 e. The van der Waals surface area contributed by atoms with E-state index in [1.165, 1.54) is 0 Å². The molecule has 0 atom stereocenters. The van der Waals surface area contributed by atoms with Crippen molar-refractivity contribution in [3.05, 3.63) is 29.8 Å². The highest BCUT2D eigenvalue weighted by atomic mass is 16.5. The second kappa shape index (κ2) is 11.9. The summed E-state index contributed by atoms with van der Waals surface area (Å²) in [5, 5.41) is 11.2. The minimum absolute atomic E-state index is 0.0172. The third-order valence-electron chi connectivity index (χ3n) is 2.65. The fourth-order valence-corrected chi connectivity index (χ4v) is 1.60. The molecule has 0 radical (unpaired) electrons. The monoisotopic (exact) mass is 312 g/mol. The number of aliphatic hydroxyl groups excluding tert-OH is 1. The van der Waals surface area contributed by atoms with Crippen LogP contribution in [0.1, 0.15) is 10.4 Å². The quantitative estimate of drug-likeness (QED) is 0.461. The average molecular weight is 312 g/mol. The zero-order valence-electron chi connectivity index (χ0n) is 12.6. The van der Waals surface area contributed by atoms with Gasteiger partial charge in [-0.15, -0.1) is 0 Å². The van der Waals surface area contributed by atoms with Crippen LogP contribution in [0.3, 0.4) is 0 Å². The number of rotatable bonds is 12. The molecule has 0 unspecified atom stereocenters. The van der Waals surface area contributed by atoms with E-state index in [-0.39, 0.29) is 12.5 Å². The van der Waals surface area contributed by atoms with Crippen molar-refractivity contribution < 1.29 is 24.1 Å². The molecule has 0 aliphatic rings. The Hall–Kier alpha value is -1.67. The van der Waals surface area contributed by atoms with E-state index in [4.69, 9.17) is 25.1 Å². The normalized spacial score (nSPS) is 10.5. The zero-order chi connectivity index (χ0) is 16.0. The second-order valence-corrected chi connectivity index (χ2v) is 4.37. The van der Waals surface area contributed by atoms with Crippen LogP contribution >= 0.6 is 0 Å². The Morgan fingerprint density at radius 3 is 2.32 bits per heavy atom. The smallest absolute Gasteiger partial charge is 0.251 e. The van der Waals surface area contributed by atoms with Crippen LogP contribution in [0.4, 0.5) is 0 Å². The Balaban J connectivity index is 2.15. The Kier molecular flexibility index (Phi) is 9.97. The van der Waals surface area contributed by atoms with Crippen molar-refractivity contribution in [2.45, 2.75) is 0 Å². The van der Waals surface area contributed by atoms with E-state index >= 15 is 0 Å². The van der Waals surface area contributed by atoms with Crippen LogP contribution in [0.15, 0.2) is 24.3 Å². The lowest BCUT2D eigenvalue weighted by atomic mass is 10.2. The van der Waals surface area contributed by atoms with E-state index in [1.54, 1.807) is 24.3 Å². The Bertz CT molecular complexity index is 411. The van der Waals surface area contributed by atoms with E-state index < -0.39 is 0 Å². The van der Waals surface area contributed by atoms with Crippen molar-refractivity contribution >= 4 is 5.91 Å². The topological polar surface area (TPSA) is 103 Å². The molecule has 1 amide bonds. The van der Waals surface area contributed by atoms with Gasteiger partial charge in [0.05, 0.1) is 33.0 Å². The van der Waals surface area contributed by atoms with E-state index in [0.29, 0.717) is 57.4 Å². The van der Waals surface area contributed by atoms with Gasteiger partial charge in [-0.1, -0.05) is 0 Å². The van der Waals surface area contributed by atoms with Crippen molar-refractivity contribution in [2.75, 3.05) is 52.7 Å². The van der Waals surface area contributed by atoms with Gasteiger partial charge in [-0.2, -0.15) is 0 Å². The first-order valence-electron chi connectivity index (χ1n) is 7.25. The number of nitrogens with two attached hydrogens (primary N) is 1. The molecule has 1 rings (SSSR count). The first kappa shape index (κ1) is 18.4. The van der Waals surface area contributed by atoms with Crippen LogP contribution in [0.2, 0.25) is 0 Å². The van der Waals surface area contributed by atoms with E-state index in [2.05, 4.69) is 5.32 Å². The van der Waals surface area contributed by atoms with Crippen LogP contribution in [0.25, 0.3) is 0 Å². The van der Waals surface area contributed by atoms with Crippen LogP contribution in [-0.2, 0) is 9.47 Å². The Labute approximate surface area is 130 Å². The fourth-order valence-electron chi connectivity index (χ4n) is 1.60. The number of hydrogen-bond donors (Lipinski definition) is 3. The minimum atomic E-state index is -0.150. The number of aliphatic hydroxyl groups is 1. The molecule has 0 heterocycles. The van der Waals surface area contributed by atoms with Crippen molar-refractivity contribution in [3.63, 3.8) is 0 Å². The summed E-state index contributed by atoms with van der Waals surface area (Å²) in [7, 11) is 0. The van der Waals surface area contributed by atoms with Crippen LogP contribution < -0.4 is 15.8 Å². The van der Waals surface area contributed by atoms with Gasteiger partial charge in [0.25, 0.3) is 5.91 Å². The summed E-state index contributed by atoms with van der Waals surface area (Å²) in [6.07, 6.45) is 0. The first-order chi connectivity index (χ1) is 10.8. The zero-order valence-corrected chi connectivity index (χ0v) is 12.6. The molecule has 7 heteroatoms. The largest absolute Gasteiger partial charge is 0.491 e. The van der Waals surface area contributed by atoms with Crippen molar-refractivity contribution in [1.82, 2.24) is 5.32 Å². The SMILES string of the molecule is NCCNC(=O)c1ccc(OCCOCCOCCO)cc1. The number of benzene rings is 1. The molecule has 4 N–H and O–H groups in total. The van der Waals surface area contributed by atoms with Gasteiger partial charge < -0.3 is 30.4 Å². The Morgan fingerprint density at radius 2 is 1.68 bits per heavy atom. The van der Waals surface area contributed by atoms with E-state index in [9.17, 15) is 4.79 Å². The molecule has 22 heavy (non-hydrogen) atoms. The number of nitrogens with one attached hydrogen (secondary N) is 1. The predicted octanol–water partition coefficient (Wildman–Crippen LogP) is -0.221. The molecular formula is C15H24N2O5. The molecule has 1 aromatic rings. The van der Waals surface area contributed by atoms with Gasteiger partial charge in [0.1, 0.15) is 12.4 Å². The maximum atomic E-state index is 11.7. The predicted molar refractivity (Wildman–Crippen MR) is 82.0 cm³/mol. The summed E-state index contributed by atoms with van der Waals surface area (Å²) in [4.78, 5) is 11.7. The molecule has 124 valence electrons. The first-order valence-corrected chi connectivity index (χ1v) is 7.25. The van der Waals surface area contributed by atoms with Gasteiger partial charge >= 0.3 is 0 Å². The highest BCUT2D eigenvalue weighted by molar-refractivity contribution is 5.94. The number of ether oxygens (including phenoxy) is 3. The van der Waals surface area contributed by atoms with Crippen molar-refractivity contribution in [3.8, 4) is 5.75 Å². The molecule has 7 nitrogen and oxygen atoms in total. The molecule has 0 spiro atoms. The van der Waals surface area contributed by atoms with E-state index in [0.717, 1.165) is 0 Å². The Morgan fingerprint density at radius 1 is 1.05 bits per heavy atom. The number of carbonyl (C=O) groups is 1. The summed E-state index contributed by atoms with van der Waals surface area (Å²) < 4.78 is 15.8. The van der Waals surface area contributed by atoms with Crippen molar-refractivity contribution in [1.29, 1.82) is 0 Å². The van der Waals surface area contributed by atoms with Gasteiger partial charge in [0, 0.05) is 18.7 Å².